The maximum Gasteiger partial charge on any atom is 0.415 e. The van der Waals surface area contributed by atoms with Crippen molar-refractivity contribution in [1.29, 1.82) is 0 Å². The molecule has 0 spiro atoms. The van der Waals surface area contributed by atoms with Crippen molar-refractivity contribution in [3.8, 4) is 10.6 Å². The van der Waals surface area contributed by atoms with E-state index in [2.05, 4.69) is 4.98 Å². The maximum absolute atomic E-state index is 13.1. The van der Waals surface area contributed by atoms with E-state index in [1.165, 1.54) is 20.8 Å². The summed E-state index contributed by atoms with van der Waals surface area (Å²) in [4.78, 5) is 28.7. The first-order valence-corrected chi connectivity index (χ1v) is 9.03. The summed E-state index contributed by atoms with van der Waals surface area (Å²) in [5.41, 5.74) is 5.35. The number of aromatic nitrogens is 1. The van der Waals surface area contributed by atoms with Crippen LogP contribution in [0, 0.1) is 6.92 Å². The number of carbonyl (C=O) groups excluding carboxylic acids is 2. The van der Waals surface area contributed by atoms with Gasteiger partial charge in [-0.2, -0.15) is 13.2 Å². The lowest BCUT2D eigenvalue weighted by Gasteiger charge is -2.27. The second-order valence-corrected chi connectivity index (χ2v) is 8.07. The van der Waals surface area contributed by atoms with Gasteiger partial charge >= 0.3 is 12.3 Å². The van der Waals surface area contributed by atoms with Gasteiger partial charge in [0.25, 0.3) is 5.91 Å². The van der Waals surface area contributed by atoms with Crippen molar-refractivity contribution in [2.75, 3.05) is 11.4 Å². The van der Waals surface area contributed by atoms with Gasteiger partial charge in [0.2, 0.25) is 0 Å². The van der Waals surface area contributed by atoms with Gasteiger partial charge in [0.05, 0.1) is 0 Å². The molecule has 0 fully saturated rings. The summed E-state index contributed by atoms with van der Waals surface area (Å²) in [6.45, 7) is 4.77. The Balaban J connectivity index is 2.57. The first kappa shape index (κ1) is 21.7. The van der Waals surface area contributed by atoms with Crippen LogP contribution in [-0.2, 0) is 4.74 Å². The zero-order valence-electron chi connectivity index (χ0n) is 15.8. The normalized spacial score (nSPS) is 12.0. The largest absolute Gasteiger partial charge is 0.443 e. The van der Waals surface area contributed by atoms with Crippen molar-refractivity contribution in [3.05, 3.63) is 35.5 Å². The average Bonchev–Trinajstić information content (AvgIpc) is 2.95. The number of ether oxygens (including phenoxy) is 1. The Bertz CT molecular complexity index is 888. The van der Waals surface area contributed by atoms with Crippen LogP contribution in [0.15, 0.2) is 24.3 Å². The number of alkyl halides is 3. The van der Waals surface area contributed by atoms with E-state index in [4.69, 9.17) is 10.5 Å². The van der Waals surface area contributed by atoms with Crippen molar-refractivity contribution in [2.24, 2.45) is 5.73 Å². The molecule has 28 heavy (non-hydrogen) atoms. The third-order valence-electron chi connectivity index (χ3n) is 3.30. The Kier molecular flexibility index (Phi) is 6.03. The predicted molar refractivity (Wildman–Crippen MR) is 100 cm³/mol. The highest BCUT2D eigenvalue weighted by Crippen LogP contribution is 2.37. The van der Waals surface area contributed by atoms with Gasteiger partial charge < -0.3 is 10.5 Å². The van der Waals surface area contributed by atoms with E-state index in [0.717, 1.165) is 16.9 Å². The molecule has 152 valence electrons. The second kappa shape index (κ2) is 7.78. The molecule has 0 saturated heterocycles. The smallest absolute Gasteiger partial charge is 0.415 e. The minimum Gasteiger partial charge on any atom is -0.443 e. The Morgan fingerprint density at radius 1 is 1.25 bits per heavy atom. The summed E-state index contributed by atoms with van der Waals surface area (Å²) in [6.07, 6.45) is -5.97. The van der Waals surface area contributed by atoms with Gasteiger partial charge in [-0.15, -0.1) is 0 Å². The summed E-state index contributed by atoms with van der Waals surface area (Å²) >= 11 is 0.766. The number of thiazole rings is 1. The number of primary amides is 1. The Morgan fingerprint density at radius 3 is 2.39 bits per heavy atom. The number of rotatable bonds is 4. The van der Waals surface area contributed by atoms with E-state index in [9.17, 15) is 22.8 Å². The van der Waals surface area contributed by atoms with Gasteiger partial charge in [-0.1, -0.05) is 35.1 Å². The van der Waals surface area contributed by atoms with Gasteiger partial charge in [-0.3, -0.25) is 9.69 Å². The molecule has 0 saturated carbocycles. The zero-order valence-corrected chi connectivity index (χ0v) is 16.6. The Morgan fingerprint density at radius 2 is 1.89 bits per heavy atom. The molecule has 1 aromatic carbocycles. The summed E-state index contributed by atoms with van der Waals surface area (Å²) < 4.78 is 44.4. The highest BCUT2D eigenvalue weighted by atomic mass is 32.1. The van der Waals surface area contributed by atoms with Crippen molar-refractivity contribution >= 4 is 28.3 Å². The first-order chi connectivity index (χ1) is 12.8. The van der Waals surface area contributed by atoms with Crippen LogP contribution >= 0.6 is 11.3 Å². The lowest BCUT2D eigenvalue weighted by molar-refractivity contribution is -0.119. The van der Waals surface area contributed by atoms with Crippen LogP contribution in [0.1, 0.15) is 36.8 Å². The third-order valence-corrected chi connectivity index (χ3v) is 4.43. The molecular formula is C18H20F3N3O3S. The quantitative estimate of drug-likeness (QED) is 0.796. The molecular weight excluding hydrogens is 395 g/mol. The number of amides is 2. The van der Waals surface area contributed by atoms with E-state index in [-0.39, 0.29) is 10.0 Å². The molecule has 10 heteroatoms. The second-order valence-electron chi connectivity index (χ2n) is 7.09. The van der Waals surface area contributed by atoms with E-state index >= 15 is 0 Å². The summed E-state index contributed by atoms with van der Waals surface area (Å²) in [6, 6.07) is 7.04. The summed E-state index contributed by atoms with van der Waals surface area (Å²) in [7, 11) is 0. The molecule has 0 radical (unpaired) electrons. The Hall–Kier alpha value is -2.62. The SMILES string of the molecule is Cc1cccc(-c2nc(C(N)=O)c(N(CC(F)(F)F)C(=O)OC(C)(C)C)s2)c1. The van der Waals surface area contributed by atoms with E-state index in [1.807, 2.05) is 13.0 Å². The number of carbonyl (C=O) groups is 2. The van der Waals surface area contributed by atoms with Crippen LogP contribution in [0.2, 0.25) is 0 Å². The lowest BCUT2D eigenvalue weighted by Crippen LogP contribution is -2.42. The predicted octanol–water partition coefficient (Wildman–Crippen LogP) is 4.52. The van der Waals surface area contributed by atoms with Crippen molar-refractivity contribution in [1.82, 2.24) is 4.98 Å². The molecule has 6 nitrogen and oxygen atoms in total. The third kappa shape index (κ3) is 5.69. The number of nitrogens with two attached hydrogens (primary N) is 1. The molecule has 2 aromatic rings. The van der Waals surface area contributed by atoms with E-state index < -0.39 is 36.0 Å². The number of hydrogen-bond donors (Lipinski definition) is 1. The van der Waals surface area contributed by atoms with Gasteiger partial charge in [0.15, 0.2) is 5.69 Å². The van der Waals surface area contributed by atoms with Crippen LogP contribution < -0.4 is 10.6 Å². The topological polar surface area (TPSA) is 85.5 Å². The number of nitrogens with zero attached hydrogens (tertiary/aromatic N) is 2. The van der Waals surface area contributed by atoms with Gasteiger partial charge in [0.1, 0.15) is 22.2 Å². The molecule has 2 rings (SSSR count). The van der Waals surface area contributed by atoms with Crippen LogP contribution in [0.4, 0.5) is 23.0 Å². The molecule has 2 N–H and O–H groups in total. The Labute approximate surface area is 164 Å². The highest BCUT2D eigenvalue weighted by Gasteiger charge is 2.38. The standard InChI is InChI=1S/C18H20F3N3O3S/c1-10-6-5-7-11(8-10)14-23-12(13(22)25)15(28-14)24(9-18(19,20)21)16(26)27-17(2,3)4/h5-8H,9H2,1-4H3,(H2,22,25). The molecule has 2 amide bonds. The van der Waals surface area contributed by atoms with Gasteiger partial charge in [0, 0.05) is 5.56 Å². The molecule has 0 unspecified atom stereocenters. The lowest BCUT2D eigenvalue weighted by atomic mass is 10.1. The number of hydrogen-bond acceptors (Lipinski definition) is 5. The minimum atomic E-state index is -4.72. The maximum atomic E-state index is 13.1. The fourth-order valence-electron chi connectivity index (χ4n) is 2.27. The monoisotopic (exact) mass is 415 g/mol. The average molecular weight is 415 g/mol. The number of halogens is 3. The fourth-order valence-corrected chi connectivity index (χ4v) is 3.33. The molecule has 0 aliphatic carbocycles. The van der Waals surface area contributed by atoms with E-state index in [1.54, 1.807) is 18.2 Å². The van der Waals surface area contributed by atoms with Crippen LogP contribution in [-0.4, -0.2) is 35.3 Å². The number of aryl methyl sites for hydroxylation is 1. The van der Waals surface area contributed by atoms with Crippen molar-refractivity contribution < 1.29 is 27.5 Å². The number of benzene rings is 1. The fraction of sp³-hybridized carbons (Fsp3) is 0.389. The van der Waals surface area contributed by atoms with Crippen molar-refractivity contribution in [2.45, 2.75) is 39.5 Å². The molecule has 1 aromatic heterocycles. The molecule has 0 aliphatic rings. The highest BCUT2D eigenvalue weighted by molar-refractivity contribution is 7.19. The number of anilines is 1. The molecule has 1 heterocycles. The van der Waals surface area contributed by atoms with Gasteiger partial charge in [-0.05, 0) is 33.8 Å². The van der Waals surface area contributed by atoms with Crippen molar-refractivity contribution in [3.63, 3.8) is 0 Å². The molecule has 0 atom stereocenters. The molecule has 0 aliphatic heterocycles. The van der Waals surface area contributed by atoms with E-state index in [0.29, 0.717) is 10.5 Å². The first-order valence-electron chi connectivity index (χ1n) is 8.22. The van der Waals surface area contributed by atoms with Crippen LogP contribution in [0.25, 0.3) is 10.6 Å². The van der Waals surface area contributed by atoms with Gasteiger partial charge in [-0.25, -0.2) is 9.78 Å². The minimum absolute atomic E-state index is 0.267. The summed E-state index contributed by atoms with van der Waals surface area (Å²) in [5.74, 6) is -1.04. The van der Waals surface area contributed by atoms with Crippen LogP contribution in [0.5, 0.6) is 0 Å². The zero-order chi connectivity index (χ0) is 21.3. The summed E-state index contributed by atoms with van der Waals surface area (Å²) in [5, 5.41) is -0.0428. The molecule has 0 bridgehead atoms. The van der Waals surface area contributed by atoms with Crippen LogP contribution in [0.3, 0.4) is 0 Å².